The number of carbonyl (C=O) groups excluding carboxylic acids is 1. The van der Waals surface area contributed by atoms with E-state index in [1.807, 2.05) is 30.3 Å². The Labute approximate surface area is 138 Å². The summed E-state index contributed by atoms with van der Waals surface area (Å²) >= 11 is 5.98. The highest BCUT2D eigenvalue weighted by molar-refractivity contribution is 6.30. The van der Waals surface area contributed by atoms with Gasteiger partial charge >= 0.3 is 5.97 Å². The molecule has 0 radical (unpaired) electrons. The maximum Gasteiger partial charge on any atom is 0.357 e. The lowest BCUT2D eigenvalue weighted by Crippen LogP contribution is -2.07. The average Bonchev–Trinajstić information content (AvgIpc) is 2.61. The van der Waals surface area contributed by atoms with Crippen LogP contribution in [0.1, 0.15) is 16.1 Å². The molecule has 0 saturated carbocycles. The van der Waals surface area contributed by atoms with E-state index in [0.717, 1.165) is 16.7 Å². The van der Waals surface area contributed by atoms with Gasteiger partial charge in [0.25, 0.3) is 0 Å². The topological polar surface area (TPSA) is 52.1 Å². The van der Waals surface area contributed by atoms with Crippen LogP contribution in [0.15, 0.2) is 67.1 Å². The fourth-order valence-corrected chi connectivity index (χ4v) is 2.25. The monoisotopic (exact) mass is 324 g/mol. The molecule has 0 unspecified atom stereocenters. The normalized spacial score (nSPS) is 10.3. The SMILES string of the molecule is O=C(OCc1ccncc1)c1ccc(-c2cccc(Cl)c2)cn1. The molecule has 3 rings (SSSR count). The largest absolute Gasteiger partial charge is 0.456 e. The predicted octanol–water partition coefficient (Wildman–Crippen LogP) is 4.15. The molecule has 0 aliphatic rings. The highest BCUT2D eigenvalue weighted by atomic mass is 35.5. The molecule has 0 aliphatic heterocycles. The summed E-state index contributed by atoms with van der Waals surface area (Å²) in [5.41, 5.74) is 2.98. The van der Waals surface area contributed by atoms with Gasteiger partial charge in [0.1, 0.15) is 12.3 Å². The minimum absolute atomic E-state index is 0.194. The zero-order valence-electron chi connectivity index (χ0n) is 12.1. The summed E-state index contributed by atoms with van der Waals surface area (Å²) < 4.78 is 5.23. The van der Waals surface area contributed by atoms with Gasteiger partial charge in [-0.1, -0.05) is 29.8 Å². The third kappa shape index (κ3) is 3.93. The van der Waals surface area contributed by atoms with E-state index in [2.05, 4.69) is 9.97 Å². The standard InChI is InChI=1S/C18H13ClN2O2/c19-16-3-1-2-14(10-16)15-4-5-17(21-11-15)18(22)23-12-13-6-8-20-9-7-13/h1-11H,12H2. The summed E-state index contributed by atoms with van der Waals surface area (Å²) in [5.74, 6) is -0.459. The van der Waals surface area contributed by atoms with E-state index >= 15 is 0 Å². The first kappa shape index (κ1) is 15.2. The zero-order valence-corrected chi connectivity index (χ0v) is 12.9. The first-order chi connectivity index (χ1) is 11.2. The van der Waals surface area contributed by atoms with Crippen LogP contribution in [-0.4, -0.2) is 15.9 Å². The Bertz CT molecular complexity index is 805. The third-order valence-corrected chi connectivity index (χ3v) is 3.48. The van der Waals surface area contributed by atoms with Crippen LogP contribution < -0.4 is 0 Å². The molecule has 0 N–H and O–H groups in total. The molecule has 2 aromatic heterocycles. The van der Waals surface area contributed by atoms with Crippen LogP contribution in [-0.2, 0) is 11.3 Å². The number of rotatable bonds is 4. The summed E-state index contributed by atoms with van der Waals surface area (Å²) in [6, 6.07) is 14.5. The van der Waals surface area contributed by atoms with Gasteiger partial charge in [0.2, 0.25) is 0 Å². The van der Waals surface area contributed by atoms with Crippen LogP contribution in [0.2, 0.25) is 5.02 Å². The van der Waals surface area contributed by atoms with Crippen LogP contribution in [0.25, 0.3) is 11.1 Å². The van der Waals surface area contributed by atoms with Crippen molar-refractivity contribution in [3.05, 3.63) is 83.4 Å². The number of carbonyl (C=O) groups is 1. The molecular weight excluding hydrogens is 312 g/mol. The second kappa shape index (κ2) is 7.03. The summed E-state index contributed by atoms with van der Waals surface area (Å²) in [6.45, 7) is 0.194. The quantitative estimate of drug-likeness (QED) is 0.676. The molecule has 4 nitrogen and oxygen atoms in total. The maximum absolute atomic E-state index is 12.0. The molecular formula is C18H13ClN2O2. The van der Waals surface area contributed by atoms with Gasteiger partial charge in [-0.2, -0.15) is 0 Å². The molecule has 3 aromatic rings. The molecule has 1 aromatic carbocycles. The first-order valence-electron chi connectivity index (χ1n) is 7.00. The van der Waals surface area contributed by atoms with Crippen molar-refractivity contribution in [2.45, 2.75) is 6.61 Å². The van der Waals surface area contributed by atoms with Crippen molar-refractivity contribution in [3.8, 4) is 11.1 Å². The Hall–Kier alpha value is -2.72. The molecule has 0 fully saturated rings. The third-order valence-electron chi connectivity index (χ3n) is 3.25. The van der Waals surface area contributed by atoms with E-state index in [9.17, 15) is 4.79 Å². The lowest BCUT2D eigenvalue weighted by molar-refractivity contribution is 0.0465. The van der Waals surface area contributed by atoms with Gasteiger partial charge in [-0.05, 0) is 41.5 Å². The number of pyridine rings is 2. The van der Waals surface area contributed by atoms with Crippen molar-refractivity contribution in [1.29, 1.82) is 0 Å². The van der Waals surface area contributed by atoms with Gasteiger partial charge in [-0.15, -0.1) is 0 Å². The summed E-state index contributed by atoms with van der Waals surface area (Å²) in [7, 11) is 0. The maximum atomic E-state index is 12.0. The first-order valence-corrected chi connectivity index (χ1v) is 7.38. The number of hydrogen-bond donors (Lipinski definition) is 0. The molecule has 114 valence electrons. The fraction of sp³-hybridized carbons (Fsp3) is 0.0556. The Morgan fingerprint density at radius 2 is 1.87 bits per heavy atom. The van der Waals surface area contributed by atoms with Crippen molar-refractivity contribution >= 4 is 17.6 Å². The van der Waals surface area contributed by atoms with Crippen molar-refractivity contribution in [2.24, 2.45) is 0 Å². The van der Waals surface area contributed by atoms with E-state index in [1.165, 1.54) is 0 Å². The van der Waals surface area contributed by atoms with Crippen LogP contribution in [0, 0.1) is 0 Å². The van der Waals surface area contributed by atoms with Gasteiger partial charge in [0, 0.05) is 29.2 Å². The highest BCUT2D eigenvalue weighted by Gasteiger charge is 2.09. The molecule has 5 heteroatoms. The van der Waals surface area contributed by atoms with E-state index in [-0.39, 0.29) is 12.3 Å². The minimum atomic E-state index is -0.459. The van der Waals surface area contributed by atoms with Crippen molar-refractivity contribution in [1.82, 2.24) is 9.97 Å². The van der Waals surface area contributed by atoms with Gasteiger partial charge in [0.05, 0.1) is 0 Å². The molecule has 23 heavy (non-hydrogen) atoms. The van der Waals surface area contributed by atoms with Gasteiger partial charge in [-0.25, -0.2) is 9.78 Å². The van der Waals surface area contributed by atoms with Crippen molar-refractivity contribution < 1.29 is 9.53 Å². The molecule has 0 saturated heterocycles. The van der Waals surface area contributed by atoms with E-state index in [0.29, 0.717) is 5.02 Å². The number of esters is 1. The van der Waals surface area contributed by atoms with Crippen molar-refractivity contribution in [3.63, 3.8) is 0 Å². The zero-order chi connectivity index (χ0) is 16.1. The Kier molecular flexibility index (Phi) is 4.64. The van der Waals surface area contributed by atoms with E-state index in [1.54, 1.807) is 36.8 Å². The van der Waals surface area contributed by atoms with Gasteiger partial charge in [-0.3, -0.25) is 4.98 Å². The van der Waals surface area contributed by atoms with Crippen LogP contribution >= 0.6 is 11.6 Å². The molecule has 0 atom stereocenters. The summed E-state index contributed by atoms with van der Waals surface area (Å²) in [5, 5.41) is 0.656. The second-order valence-electron chi connectivity index (χ2n) is 4.87. The van der Waals surface area contributed by atoms with Crippen molar-refractivity contribution in [2.75, 3.05) is 0 Å². The smallest absolute Gasteiger partial charge is 0.357 e. The summed E-state index contributed by atoms with van der Waals surface area (Å²) in [6.07, 6.45) is 4.94. The number of ether oxygens (including phenoxy) is 1. The number of hydrogen-bond acceptors (Lipinski definition) is 4. The molecule has 0 aliphatic carbocycles. The number of benzene rings is 1. The van der Waals surface area contributed by atoms with Crippen LogP contribution in [0.4, 0.5) is 0 Å². The Balaban J connectivity index is 1.68. The fourth-order valence-electron chi connectivity index (χ4n) is 2.06. The van der Waals surface area contributed by atoms with Gasteiger partial charge < -0.3 is 4.74 Å². The molecule has 2 heterocycles. The number of halogens is 1. The number of nitrogens with zero attached hydrogens (tertiary/aromatic N) is 2. The predicted molar refractivity (Wildman–Crippen MR) is 88.0 cm³/mol. The lowest BCUT2D eigenvalue weighted by Gasteiger charge is -2.06. The highest BCUT2D eigenvalue weighted by Crippen LogP contribution is 2.22. The molecule has 0 spiro atoms. The Morgan fingerprint density at radius 3 is 2.57 bits per heavy atom. The lowest BCUT2D eigenvalue weighted by atomic mass is 10.1. The minimum Gasteiger partial charge on any atom is -0.456 e. The molecule has 0 amide bonds. The van der Waals surface area contributed by atoms with Crippen LogP contribution in [0.3, 0.4) is 0 Å². The summed E-state index contributed by atoms with van der Waals surface area (Å²) in [4.78, 5) is 20.1. The molecule has 0 bridgehead atoms. The second-order valence-corrected chi connectivity index (χ2v) is 5.31. The average molecular weight is 325 g/mol. The van der Waals surface area contributed by atoms with Crippen LogP contribution in [0.5, 0.6) is 0 Å². The number of aromatic nitrogens is 2. The Morgan fingerprint density at radius 1 is 1.04 bits per heavy atom. The van der Waals surface area contributed by atoms with E-state index < -0.39 is 5.97 Å². The van der Waals surface area contributed by atoms with Gasteiger partial charge in [0.15, 0.2) is 0 Å². The van der Waals surface area contributed by atoms with E-state index in [4.69, 9.17) is 16.3 Å².